The van der Waals surface area contributed by atoms with E-state index in [0.717, 1.165) is 75.9 Å². The van der Waals surface area contributed by atoms with Crippen LogP contribution in [-0.2, 0) is 25.7 Å². The molecule has 0 aliphatic carbocycles. The minimum Gasteiger partial charge on any atom is -0.299 e. The van der Waals surface area contributed by atoms with Gasteiger partial charge >= 0.3 is 0 Å². The van der Waals surface area contributed by atoms with Gasteiger partial charge in [-0.1, -0.05) is 176 Å². The second-order valence-electron chi connectivity index (χ2n) is 19.6. The van der Waals surface area contributed by atoms with E-state index in [4.69, 9.17) is 15.0 Å². The Bertz CT molecular complexity index is 4240. The maximum Gasteiger partial charge on any atom is 0.145 e. The number of hydrogen-bond donors (Lipinski definition) is 0. The lowest BCUT2D eigenvalue weighted by Gasteiger charge is -2.18. The van der Waals surface area contributed by atoms with Crippen molar-refractivity contribution in [2.24, 2.45) is 0 Å². The van der Waals surface area contributed by atoms with E-state index in [9.17, 15) is 0 Å². The van der Waals surface area contributed by atoms with Crippen molar-refractivity contribution in [1.29, 1.82) is 0 Å². The normalized spacial score (nSPS) is 11.7. The molecule has 5 heterocycles. The lowest BCUT2D eigenvalue weighted by molar-refractivity contribution is 0.933. The number of rotatable bonds is 11. The fourth-order valence-electron chi connectivity index (χ4n) is 11.2. The van der Waals surface area contributed by atoms with Gasteiger partial charge in [-0.2, -0.15) is 0 Å². The second kappa shape index (κ2) is 18.3. The zero-order valence-corrected chi connectivity index (χ0v) is 40.7. The highest BCUT2D eigenvalue weighted by molar-refractivity contribution is 6.00. The molecule has 0 atom stereocenters. The van der Waals surface area contributed by atoms with Crippen LogP contribution in [0.2, 0.25) is 0 Å². The molecule has 5 heteroatoms. The molecular weight excluding hydrogens is 899 g/mol. The van der Waals surface area contributed by atoms with E-state index < -0.39 is 0 Å². The van der Waals surface area contributed by atoms with Crippen molar-refractivity contribution < 1.29 is 0 Å². The molecule has 14 rings (SSSR count). The molecule has 0 aliphatic rings. The van der Waals surface area contributed by atoms with Crippen LogP contribution >= 0.6 is 0 Å². The lowest BCUT2D eigenvalue weighted by atomic mass is 9.86. The molecule has 0 N–H and O–H groups in total. The molecule has 0 radical (unpaired) electrons. The highest BCUT2D eigenvalue weighted by Gasteiger charge is 2.17. The number of benzene rings is 9. The van der Waals surface area contributed by atoms with E-state index in [1.54, 1.807) is 0 Å². The molecule has 350 valence electrons. The van der Waals surface area contributed by atoms with Gasteiger partial charge in [0, 0.05) is 34.9 Å². The summed E-state index contributed by atoms with van der Waals surface area (Å²) in [7, 11) is 0. The van der Waals surface area contributed by atoms with Crippen LogP contribution < -0.4 is 0 Å². The quantitative estimate of drug-likeness (QED) is 0.130. The number of aromatic nitrogens is 5. The zero-order chi connectivity index (χ0) is 49.0. The van der Waals surface area contributed by atoms with Crippen molar-refractivity contribution in [2.75, 3.05) is 0 Å². The number of imidazole rings is 2. The fourth-order valence-corrected chi connectivity index (χ4v) is 11.2. The van der Waals surface area contributed by atoms with Crippen LogP contribution in [0.25, 0.3) is 111 Å². The number of fused-ring (bicyclic) bond motifs is 10. The van der Waals surface area contributed by atoms with E-state index in [-0.39, 0.29) is 0 Å². The van der Waals surface area contributed by atoms with Crippen LogP contribution in [0.15, 0.2) is 249 Å². The standard InChI is InChI=1S/C69H49N5/c1-2-12-50(13-3-1)51-27-29-52(30-28-51)62-45-55(63-16-10-11-37-70-63)31-34-61(62)60-15-5-4-14-57(60)56-43-48(23-21-46-25-32-58-53(41-46)35-38-73-66-19-8-6-17-64(66)71-68(58)73)40-49(44-56)24-22-47-26-33-59-54(42-47)36-39-74-67-20-9-7-18-65(67)72-69(59)74/h1-20,25-45H,21-24H2. The Kier molecular flexibility index (Phi) is 10.7. The fraction of sp³-hybridized carbons (Fsp3) is 0.0580. The molecule has 74 heavy (non-hydrogen) atoms. The van der Waals surface area contributed by atoms with Crippen molar-refractivity contribution in [3.63, 3.8) is 0 Å². The number of nitrogens with zero attached hydrogens (tertiary/aromatic N) is 5. The predicted molar refractivity (Wildman–Crippen MR) is 307 cm³/mol. The topological polar surface area (TPSA) is 47.5 Å². The first-order chi connectivity index (χ1) is 36.6. The van der Waals surface area contributed by atoms with Crippen molar-refractivity contribution >= 4 is 54.9 Å². The van der Waals surface area contributed by atoms with E-state index in [1.807, 2.05) is 12.3 Å². The first-order valence-corrected chi connectivity index (χ1v) is 25.6. The SMILES string of the molecule is c1ccc(-c2ccc(-c3cc(-c4ccccn4)ccc3-c3ccccc3-c3cc(CCc4ccc5c(ccn6c7ccccc7nc56)c4)cc(CCc4ccc5c(ccn6c7ccccc7nc56)c4)c3)cc2)cc1. The minimum absolute atomic E-state index is 0.909. The largest absolute Gasteiger partial charge is 0.299 e. The van der Waals surface area contributed by atoms with Gasteiger partial charge in [-0.05, 0) is 158 Å². The Morgan fingerprint density at radius 2 is 0.824 bits per heavy atom. The summed E-state index contributed by atoms with van der Waals surface area (Å²) in [6.45, 7) is 0. The van der Waals surface area contributed by atoms with E-state index in [2.05, 4.69) is 246 Å². The number of hydrogen-bond acceptors (Lipinski definition) is 3. The van der Waals surface area contributed by atoms with Gasteiger partial charge in [-0.25, -0.2) is 9.97 Å². The van der Waals surface area contributed by atoms with E-state index >= 15 is 0 Å². The van der Waals surface area contributed by atoms with E-state index in [0.29, 0.717) is 0 Å². The molecule has 0 fully saturated rings. The molecule has 14 aromatic rings. The number of aryl methyl sites for hydroxylation is 4. The van der Waals surface area contributed by atoms with Crippen LogP contribution in [-0.4, -0.2) is 23.8 Å². The summed E-state index contributed by atoms with van der Waals surface area (Å²) in [4.78, 5) is 14.8. The van der Waals surface area contributed by atoms with Crippen LogP contribution in [0.4, 0.5) is 0 Å². The molecule has 0 bridgehead atoms. The molecule has 5 aromatic heterocycles. The third kappa shape index (κ3) is 7.96. The van der Waals surface area contributed by atoms with Gasteiger partial charge < -0.3 is 0 Å². The molecule has 9 aromatic carbocycles. The first kappa shape index (κ1) is 43.3. The van der Waals surface area contributed by atoms with Gasteiger partial charge in [-0.3, -0.25) is 13.8 Å². The van der Waals surface area contributed by atoms with Crippen molar-refractivity contribution in [3.05, 3.63) is 271 Å². The first-order valence-electron chi connectivity index (χ1n) is 25.6. The molecule has 0 saturated carbocycles. The van der Waals surface area contributed by atoms with Gasteiger partial charge in [0.15, 0.2) is 0 Å². The Morgan fingerprint density at radius 1 is 0.311 bits per heavy atom. The maximum absolute atomic E-state index is 5.03. The molecule has 0 saturated heterocycles. The highest BCUT2D eigenvalue weighted by Crippen LogP contribution is 2.41. The van der Waals surface area contributed by atoms with Gasteiger partial charge in [-0.15, -0.1) is 0 Å². The Labute approximate surface area is 429 Å². The summed E-state index contributed by atoms with van der Waals surface area (Å²) >= 11 is 0. The summed E-state index contributed by atoms with van der Waals surface area (Å²) in [5.74, 6) is 0. The predicted octanol–water partition coefficient (Wildman–Crippen LogP) is 16.9. The molecule has 0 spiro atoms. The number of para-hydroxylation sites is 4. The minimum atomic E-state index is 0.909. The monoisotopic (exact) mass is 947 g/mol. The molecule has 0 aliphatic heterocycles. The Balaban J connectivity index is 0.841. The van der Waals surface area contributed by atoms with Gasteiger partial charge in [0.1, 0.15) is 11.3 Å². The van der Waals surface area contributed by atoms with Crippen LogP contribution in [0.3, 0.4) is 0 Å². The summed E-state index contributed by atoms with van der Waals surface area (Å²) in [6.07, 6.45) is 9.85. The number of pyridine rings is 3. The third-order valence-electron chi connectivity index (χ3n) is 15.0. The molecule has 0 unspecified atom stereocenters. The lowest BCUT2D eigenvalue weighted by Crippen LogP contribution is -1.98. The van der Waals surface area contributed by atoms with Gasteiger partial charge in [0.05, 0.1) is 27.8 Å². The van der Waals surface area contributed by atoms with Crippen LogP contribution in [0, 0.1) is 0 Å². The average molecular weight is 948 g/mol. The highest BCUT2D eigenvalue weighted by atomic mass is 15.0. The summed E-state index contributed by atoms with van der Waals surface area (Å²) in [5.41, 5.74) is 23.2. The van der Waals surface area contributed by atoms with Crippen molar-refractivity contribution in [1.82, 2.24) is 23.8 Å². The average Bonchev–Trinajstić information content (AvgIpc) is 4.07. The molecule has 0 amide bonds. The van der Waals surface area contributed by atoms with E-state index in [1.165, 1.54) is 82.7 Å². The van der Waals surface area contributed by atoms with Crippen molar-refractivity contribution in [3.8, 4) is 55.8 Å². The molecule has 5 nitrogen and oxygen atoms in total. The Morgan fingerprint density at radius 3 is 1.45 bits per heavy atom. The second-order valence-corrected chi connectivity index (χ2v) is 19.6. The van der Waals surface area contributed by atoms with Gasteiger partial charge in [0.25, 0.3) is 0 Å². The molecular formula is C69H49N5. The zero-order valence-electron chi connectivity index (χ0n) is 40.7. The Hall–Kier alpha value is -9.45. The third-order valence-corrected chi connectivity index (χ3v) is 15.0. The van der Waals surface area contributed by atoms with Crippen molar-refractivity contribution in [2.45, 2.75) is 25.7 Å². The summed E-state index contributed by atoms with van der Waals surface area (Å²) in [6, 6.07) is 83.9. The van der Waals surface area contributed by atoms with Gasteiger partial charge in [0.2, 0.25) is 0 Å². The smallest absolute Gasteiger partial charge is 0.145 e. The van der Waals surface area contributed by atoms with Crippen LogP contribution in [0.1, 0.15) is 22.3 Å². The maximum atomic E-state index is 5.03. The summed E-state index contributed by atoms with van der Waals surface area (Å²) < 4.78 is 4.42. The summed E-state index contributed by atoms with van der Waals surface area (Å²) in [5, 5.41) is 4.77. The van der Waals surface area contributed by atoms with Crippen LogP contribution in [0.5, 0.6) is 0 Å².